The molecule has 0 aromatic heterocycles. The second kappa shape index (κ2) is 12.2. The molecule has 7 heteroatoms. The molecule has 2 N–H and O–H groups in total. The third-order valence-electron chi connectivity index (χ3n) is 5.37. The Morgan fingerprint density at radius 2 is 1.67 bits per heavy atom. The number of nitrogens with one attached hydrogen (secondary N) is 2. The van der Waals surface area contributed by atoms with Gasteiger partial charge in [-0.1, -0.05) is 24.3 Å². The Hall–Kier alpha value is -4.57. The lowest BCUT2D eigenvalue weighted by molar-refractivity contribution is -0.118. The van der Waals surface area contributed by atoms with Gasteiger partial charge in [0.2, 0.25) is 0 Å². The van der Waals surface area contributed by atoms with Crippen LogP contribution in [0.5, 0.6) is 11.5 Å². The summed E-state index contributed by atoms with van der Waals surface area (Å²) >= 11 is 0. The number of rotatable bonds is 9. The largest absolute Gasteiger partial charge is 0.490 e. The van der Waals surface area contributed by atoms with Gasteiger partial charge in [0, 0.05) is 11.4 Å². The van der Waals surface area contributed by atoms with Crippen LogP contribution in [-0.2, 0) is 9.59 Å². The molecule has 3 rings (SSSR count). The number of hydrogen-bond donors (Lipinski definition) is 2. The van der Waals surface area contributed by atoms with Crippen molar-refractivity contribution in [2.24, 2.45) is 0 Å². The van der Waals surface area contributed by atoms with E-state index in [0.29, 0.717) is 35.0 Å². The van der Waals surface area contributed by atoms with E-state index < -0.39 is 5.91 Å². The molecule has 0 saturated heterocycles. The number of carbonyl (C=O) groups excluding carboxylic acids is 2. The number of nitrogens with zero attached hydrogens (tertiary/aromatic N) is 1. The lowest BCUT2D eigenvalue weighted by atomic mass is 10.1. The maximum absolute atomic E-state index is 12.6. The zero-order chi connectivity index (χ0) is 26.1. The molecule has 2 amide bonds. The molecule has 0 aliphatic carbocycles. The molecule has 0 bridgehead atoms. The Balaban J connectivity index is 1.70. The zero-order valence-electron chi connectivity index (χ0n) is 20.8. The number of amides is 2. The van der Waals surface area contributed by atoms with Gasteiger partial charge < -0.3 is 20.1 Å². The molecule has 3 aromatic carbocycles. The molecule has 0 spiro atoms. The zero-order valence-corrected chi connectivity index (χ0v) is 20.8. The summed E-state index contributed by atoms with van der Waals surface area (Å²) in [4.78, 5) is 25.0. The predicted octanol–water partition coefficient (Wildman–Crippen LogP) is 5.57. The van der Waals surface area contributed by atoms with E-state index in [1.54, 1.807) is 24.3 Å². The maximum Gasteiger partial charge on any atom is 0.266 e. The Morgan fingerprint density at radius 1 is 0.889 bits per heavy atom. The highest BCUT2D eigenvalue weighted by molar-refractivity contribution is 6.09. The van der Waals surface area contributed by atoms with E-state index in [2.05, 4.69) is 10.6 Å². The summed E-state index contributed by atoms with van der Waals surface area (Å²) in [7, 11) is 0. The topological polar surface area (TPSA) is 100 Å². The molecule has 184 valence electrons. The van der Waals surface area contributed by atoms with Crippen LogP contribution in [-0.4, -0.2) is 25.0 Å². The summed E-state index contributed by atoms with van der Waals surface area (Å²) in [6.07, 6.45) is 1.48. The van der Waals surface area contributed by atoms with Gasteiger partial charge in [0.05, 0.1) is 6.61 Å². The first-order valence-electron chi connectivity index (χ1n) is 11.6. The van der Waals surface area contributed by atoms with Gasteiger partial charge in [0.25, 0.3) is 11.8 Å². The third kappa shape index (κ3) is 7.21. The molecule has 0 heterocycles. The average Bonchev–Trinajstić information content (AvgIpc) is 2.84. The normalized spacial score (nSPS) is 10.8. The summed E-state index contributed by atoms with van der Waals surface area (Å²) < 4.78 is 11.4. The van der Waals surface area contributed by atoms with Crippen LogP contribution < -0.4 is 20.1 Å². The van der Waals surface area contributed by atoms with Crippen LogP contribution in [0.15, 0.2) is 66.2 Å². The number of anilines is 2. The third-order valence-corrected chi connectivity index (χ3v) is 5.37. The van der Waals surface area contributed by atoms with Crippen LogP contribution >= 0.6 is 0 Å². The standard InChI is InChI=1S/C29H29N3O4/c1-5-35-27-16-22(15-23(17-30)29(34)32-24-8-6-7-19(2)13-24)10-12-26(27)36-18-28(33)31-25-11-9-20(3)21(4)14-25/h6-16H,5,18H2,1-4H3,(H,31,33)(H,32,34)/b23-15+. The van der Waals surface area contributed by atoms with E-state index in [9.17, 15) is 14.9 Å². The van der Waals surface area contributed by atoms with Crippen molar-refractivity contribution in [3.05, 3.63) is 88.5 Å². The van der Waals surface area contributed by atoms with Crippen molar-refractivity contribution in [2.75, 3.05) is 23.8 Å². The monoisotopic (exact) mass is 483 g/mol. The summed E-state index contributed by atoms with van der Waals surface area (Å²) in [6.45, 7) is 7.91. The van der Waals surface area contributed by atoms with E-state index in [0.717, 1.165) is 16.7 Å². The van der Waals surface area contributed by atoms with Gasteiger partial charge in [0.1, 0.15) is 11.6 Å². The lowest BCUT2D eigenvalue weighted by Crippen LogP contribution is -2.20. The average molecular weight is 484 g/mol. The Morgan fingerprint density at radius 3 is 2.36 bits per heavy atom. The van der Waals surface area contributed by atoms with Crippen molar-refractivity contribution < 1.29 is 19.1 Å². The Bertz CT molecular complexity index is 1340. The highest BCUT2D eigenvalue weighted by Gasteiger charge is 2.13. The SMILES string of the molecule is CCOc1cc(/C=C(\C#N)C(=O)Nc2cccc(C)c2)ccc1OCC(=O)Nc1ccc(C)c(C)c1. The fourth-order valence-electron chi connectivity index (χ4n) is 3.40. The second-order valence-corrected chi connectivity index (χ2v) is 8.27. The van der Waals surface area contributed by atoms with E-state index in [1.165, 1.54) is 6.08 Å². The number of hydrogen-bond acceptors (Lipinski definition) is 5. The van der Waals surface area contributed by atoms with Gasteiger partial charge in [-0.05, 0) is 92.4 Å². The minimum Gasteiger partial charge on any atom is -0.490 e. The molecule has 0 aliphatic rings. The lowest BCUT2D eigenvalue weighted by Gasteiger charge is -2.13. The minimum atomic E-state index is -0.510. The first-order valence-corrected chi connectivity index (χ1v) is 11.6. The summed E-state index contributed by atoms with van der Waals surface area (Å²) in [5.74, 6) is -0.0257. The van der Waals surface area contributed by atoms with Gasteiger partial charge >= 0.3 is 0 Å². The molecule has 7 nitrogen and oxygen atoms in total. The minimum absolute atomic E-state index is 0.0552. The van der Waals surface area contributed by atoms with Gasteiger partial charge in [-0.15, -0.1) is 0 Å². The van der Waals surface area contributed by atoms with Crippen molar-refractivity contribution >= 4 is 29.3 Å². The molecule has 3 aromatic rings. The Labute approximate surface area is 211 Å². The van der Waals surface area contributed by atoms with Crippen LogP contribution in [0.25, 0.3) is 6.08 Å². The number of nitriles is 1. The van der Waals surface area contributed by atoms with Crippen LogP contribution in [0.3, 0.4) is 0 Å². The number of carbonyl (C=O) groups is 2. The van der Waals surface area contributed by atoms with E-state index in [1.807, 2.05) is 70.2 Å². The number of benzene rings is 3. The van der Waals surface area contributed by atoms with E-state index in [4.69, 9.17) is 9.47 Å². The first kappa shape index (κ1) is 26.0. The van der Waals surface area contributed by atoms with Crippen LogP contribution in [0.4, 0.5) is 11.4 Å². The van der Waals surface area contributed by atoms with E-state index >= 15 is 0 Å². The molecular formula is C29H29N3O4. The summed E-state index contributed by atoms with van der Waals surface area (Å²) in [6, 6.07) is 20.0. The molecule has 0 atom stereocenters. The van der Waals surface area contributed by atoms with Gasteiger partial charge in [-0.25, -0.2) is 0 Å². The Kier molecular flexibility index (Phi) is 8.84. The molecule has 0 aliphatic heterocycles. The van der Waals surface area contributed by atoms with E-state index in [-0.39, 0.29) is 18.1 Å². The molecular weight excluding hydrogens is 454 g/mol. The number of ether oxygens (including phenoxy) is 2. The highest BCUT2D eigenvalue weighted by atomic mass is 16.5. The summed E-state index contributed by atoms with van der Waals surface area (Å²) in [5.41, 5.74) is 5.06. The van der Waals surface area contributed by atoms with Crippen LogP contribution in [0.2, 0.25) is 0 Å². The first-order chi connectivity index (χ1) is 17.3. The van der Waals surface area contributed by atoms with Gasteiger partial charge in [-0.2, -0.15) is 5.26 Å². The van der Waals surface area contributed by atoms with Gasteiger partial charge in [0.15, 0.2) is 18.1 Å². The summed E-state index contributed by atoms with van der Waals surface area (Å²) in [5, 5.41) is 15.1. The number of aryl methyl sites for hydroxylation is 3. The molecule has 0 fully saturated rings. The maximum atomic E-state index is 12.6. The van der Waals surface area contributed by atoms with Crippen LogP contribution in [0, 0.1) is 32.1 Å². The quantitative estimate of drug-likeness (QED) is 0.306. The molecule has 0 saturated carbocycles. The fourth-order valence-corrected chi connectivity index (χ4v) is 3.40. The second-order valence-electron chi connectivity index (χ2n) is 8.27. The smallest absolute Gasteiger partial charge is 0.266 e. The van der Waals surface area contributed by atoms with Crippen LogP contribution in [0.1, 0.15) is 29.2 Å². The van der Waals surface area contributed by atoms with Crippen molar-refractivity contribution in [1.82, 2.24) is 0 Å². The van der Waals surface area contributed by atoms with Crippen molar-refractivity contribution in [3.8, 4) is 17.6 Å². The van der Waals surface area contributed by atoms with Crippen molar-refractivity contribution in [2.45, 2.75) is 27.7 Å². The van der Waals surface area contributed by atoms with Crippen molar-refractivity contribution in [1.29, 1.82) is 5.26 Å². The molecule has 0 unspecified atom stereocenters. The van der Waals surface area contributed by atoms with Gasteiger partial charge in [-0.3, -0.25) is 9.59 Å². The highest BCUT2D eigenvalue weighted by Crippen LogP contribution is 2.29. The van der Waals surface area contributed by atoms with Crippen molar-refractivity contribution in [3.63, 3.8) is 0 Å². The molecule has 36 heavy (non-hydrogen) atoms. The fraction of sp³-hybridized carbons (Fsp3) is 0.207. The molecule has 0 radical (unpaired) electrons. The predicted molar refractivity (Wildman–Crippen MR) is 141 cm³/mol.